The van der Waals surface area contributed by atoms with Gasteiger partial charge in [0.1, 0.15) is 6.07 Å². The van der Waals surface area contributed by atoms with Gasteiger partial charge in [-0.2, -0.15) is 5.26 Å². The van der Waals surface area contributed by atoms with Gasteiger partial charge in [0.15, 0.2) is 5.69 Å². The zero-order valence-electron chi connectivity index (χ0n) is 6.88. The Morgan fingerprint density at radius 3 is 2.69 bits per heavy atom. The average Bonchev–Trinajstić information content (AvgIpc) is 2.08. The Morgan fingerprint density at radius 2 is 2.23 bits per heavy atom. The molecule has 0 aromatic carbocycles. The zero-order valence-corrected chi connectivity index (χ0v) is 6.88. The van der Waals surface area contributed by atoms with Gasteiger partial charge < -0.3 is 5.73 Å². The van der Waals surface area contributed by atoms with E-state index >= 15 is 0 Å². The highest BCUT2D eigenvalue weighted by molar-refractivity contribution is 5.56. The first-order chi connectivity index (χ1) is 6.06. The van der Waals surface area contributed by atoms with E-state index in [2.05, 4.69) is 4.98 Å². The van der Waals surface area contributed by atoms with Crippen molar-refractivity contribution in [3.63, 3.8) is 0 Å². The number of rotatable bonds is 1. The second kappa shape index (κ2) is 3.35. The second-order valence-electron chi connectivity index (χ2n) is 2.53. The van der Waals surface area contributed by atoms with Crippen molar-refractivity contribution in [3.8, 4) is 6.07 Å². The number of nitriles is 1. The van der Waals surface area contributed by atoms with Gasteiger partial charge in [0.05, 0.1) is 5.69 Å². The third-order valence-corrected chi connectivity index (χ3v) is 1.56. The van der Waals surface area contributed by atoms with E-state index in [1.807, 2.05) is 0 Å². The molecule has 0 saturated carbocycles. The van der Waals surface area contributed by atoms with E-state index in [0.29, 0.717) is 5.69 Å². The van der Waals surface area contributed by atoms with E-state index in [0.717, 1.165) is 0 Å². The summed E-state index contributed by atoms with van der Waals surface area (Å²) in [6, 6.07) is 2.84. The fraction of sp³-hybridized carbons (Fsp3) is 0.250. The van der Waals surface area contributed by atoms with Crippen molar-refractivity contribution in [2.24, 2.45) is 0 Å². The largest absolute Gasteiger partial charge is 0.396 e. The first-order valence-corrected chi connectivity index (χ1v) is 3.51. The normalized spacial score (nSPS) is 10.1. The number of nitrogens with zero attached hydrogens (tertiary/aromatic N) is 2. The summed E-state index contributed by atoms with van der Waals surface area (Å²) < 4.78 is 24.6. The van der Waals surface area contributed by atoms with E-state index in [-0.39, 0.29) is 16.9 Å². The van der Waals surface area contributed by atoms with E-state index < -0.39 is 6.43 Å². The molecule has 0 spiro atoms. The summed E-state index contributed by atoms with van der Waals surface area (Å²) in [5, 5.41) is 8.51. The van der Waals surface area contributed by atoms with Crippen molar-refractivity contribution in [1.29, 1.82) is 5.26 Å². The summed E-state index contributed by atoms with van der Waals surface area (Å²) in [6.45, 7) is 1.53. The van der Waals surface area contributed by atoms with Crippen molar-refractivity contribution in [2.45, 2.75) is 13.3 Å². The summed E-state index contributed by atoms with van der Waals surface area (Å²) in [5.74, 6) is 0. The quantitative estimate of drug-likeness (QED) is 0.721. The van der Waals surface area contributed by atoms with Crippen LogP contribution in [0.5, 0.6) is 0 Å². The lowest BCUT2D eigenvalue weighted by Crippen LogP contribution is -2.02. The number of nitrogen functional groups attached to an aromatic ring is 1. The van der Waals surface area contributed by atoms with Gasteiger partial charge in [0.25, 0.3) is 6.43 Å². The molecule has 0 atom stereocenters. The van der Waals surface area contributed by atoms with Crippen LogP contribution in [0.25, 0.3) is 0 Å². The first-order valence-electron chi connectivity index (χ1n) is 3.51. The van der Waals surface area contributed by atoms with Crippen LogP contribution in [0.1, 0.15) is 23.4 Å². The molecule has 0 aliphatic carbocycles. The Balaban J connectivity index is 3.38. The van der Waals surface area contributed by atoms with Gasteiger partial charge in [-0.15, -0.1) is 0 Å². The minimum atomic E-state index is -2.67. The zero-order chi connectivity index (χ0) is 10.0. The van der Waals surface area contributed by atoms with Crippen molar-refractivity contribution in [3.05, 3.63) is 23.0 Å². The Morgan fingerprint density at radius 1 is 1.62 bits per heavy atom. The number of nitrogens with two attached hydrogens (primary N) is 1. The van der Waals surface area contributed by atoms with Crippen molar-refractivity contribution < 1.29 is 8.78 Å². The van der Waals surface area contributed by atoms with Gasteiger partial charge in [-0.05, 0) is 13.0 Å². The molecule has 0 aliphatic rings. The molecule has 0 amide bonds. The molecule has 0 radical (unpaired) electrons. The Kier molecular flexibility index (Phi) is 2.42. The van der Waals surface area contributed by atoms with Crippen LogP contribution < -0.4 is 5.73 Å². The first kappa shape index (κ1) is 9.39. The second-order valence-corrected chi connectivity index (χ2v) is 2.53. The summed E-state index contributed by atoms with van der Waals surface area (Å²) in [7, 11) is 0. The standard InChI is InChI=1S/C8H7F2N3/c1-4-2-5(8(9)10)7(12)6(3-11)13-4/h2,8H,12H2,1H3. The third-order valence-electron chi connectivity index (χ3n) is 1.56. The number of aryl methyl sites for hydroxylation is 1. The fourth-order valence-electron chi connectivity index (χ4n) is 0.974. The molecule has 0 saturated heterocycles. The van der Waals surface area contributed by atoms with Crippen molar-refractivity contribution in [2.75, 3.05) is 5.73 Å². The predicted octanol–water partition coefficient (Wildman–Crippen LogP) is 1.78. The summed E-state index contributed by atoms with van der Waals surface area (Å²) in [4.78, 5) is 3.71. The van der Waals surface area contributed by atoms with Crippen LogP contribution >= 0.6 is 0 Å². The van der Waals surface area contributed by atoms with Crippen LogP contribution in [0, 0.1) is 18.3 Å². The van der Waals surface area contributed by atoms with Gasteiger partial charge in [-0.1, -0.05) is 0 Å². The molecule has 1 heterocycles. The van der Waals surface area contributed by atoms with Gasteiger partial charge in [0, 0.05) is 11.3 Å². The molecule has 1 aromatic rings. The number of pyridine rings is 1. The molecule has 1 rings (SSSR count). The van der Waals surface area contributed by atoms with E-state index in [1.165, 1.54) is 13.0 Å². The maximum absolute atomic E-state index is 12.3. The SMILES string of the molecule is Cc1cc(C(F)F)c(N)c(C#N)n1. The van der Waals surface area contributed by atoms with Crippen LogP contribution in [0.4, 0.5) is 14.5 Å². The Bertz CT molecular complexity index is 368. The van der Waals surface area contributed by atoms with Crippen molar-refractivity contribution >= 4 is 5.69 Å². The molecule has 0 aliphatic heterocycles. The fourth-order valence-corrected chi connectivity index (χ4v) is 0.974. The Labute approximate surface area is 73.8 Å². The van der Waals surface area contributed by atoms with Crippen LogP contribution in [0.15, 0.2) is 6.07 Å². The van der Waals surface area contributed by atoms with Gasteiger partial charge in [-0.25, -0.2) is 13.8 Å². The van der Waals surface area contributed by atoms with Gasteiger partial charge in [-0.3, -0.25) is 0 Å². The van der Waals surface area contributed by atoms with Crippen LogP contribution in [0.2, 0.25) is 0 Å². The molecule has 5 heteroatoms. The van der Waals surface area contributed by atoms with Crippen LogP contribution in [-0.2, 0) is 0 Å². The van der Waals surface area contributed by atoms with Crippen molar-refractivity contribution in [1.82, 2.24) is 4.98 Å². The average molecular weight is 183 g/mol. The molecule has 3 nitrogen and oxygen atoms in total. The molecule has 0 fully saturated rings. The number of alkyl halides is 2. The summed E-state index contributed by atoms with van der Waals surface area (Å²) >= 11 is 0. The number of halogens is 2. The minimum Gasteiger partial charge on any atom is -0.396 e. The number of hydrogen-bond donors (Lipinski definition) is 1. The predicted molar refractivity (Wildman–Crippen MR) is 43.1 cm³/mol. The molecule has 68 valence electrons. The molecule has 2 N–H and O–H groups in total. The molecule has 0 unspecified atom stereocenters. The number of hydrogen-bond acceptors (Lipinski definition) is 3. The summed E-state index contributed by atoms with van der Waals surface area (Å²) in [6.07, 6.45) is -2.67. The number of aromatic nitrogens is 1. The van der Waals surface area contributed by atoms with E-state index in [4.69, 9.17) is 11.0 Å². The monoisotopic (exact) mass is 183 g/mol. The molecule has 13 heavy (non-hydrogen) atoms. The topological polar surface area (TPSA) is 62.7 Å². The highest BCUT2D eigenvalue weighted by Gasteiger charge is 2.15. The highest BCUT2D eigenvalue weighted by atomic mass is 19.3. The number of anilines is 1. The summed E-state index contributed by atoms with van der Waals surface area (Å²) in [5.41, 5.74) is 4.95. The maximum atomic E-state index is 12.3. The van der Waals surface area contributed by atoms with Gasteiger partial charge >= 0.3 is 0 Å². The minimum absolute atomic E-state index is 0.143. The third kappa shape index (κ3) is 1.72. The van der Waals surface area contributed by atoms with Gasteiger partial charge in [0.2, 0.25) is 0 Å². The lowest BCUT2D eigenvalue weighted by atomic mass is 10.1. The lowest BCUT2D eigenvalue weighted by molar-refractivity contribution is 0.152. The van der Waals surface area contributed by atoms with E-state index in [1.54, 1.807) is 6.07 Å². The Hall–Kier alpha value is -1.70. The molecule has 0 bridgehead atoms. The van der Waals surface area contributed by atoms with E-state index in [9.17, 15) is 8.78 Å². The van der Waals surface area contributed by atoms with Crippen LogP contribution in [-0.4, -0.2) is 4.98 Å². The molecular formula is C8H7F2N3. The smallest absolute Gasteiger partial charge is 0.265 e. The molecule has 1 aromatic heterocycles. The van der Waals surface area contributed by atoms with Crippen LogP contribution in [0.3, 0.4) is 0 Å². The highest BCUT2D eigenvalue weighted by Crippen LogP contribution is 2.26. The maximum Gasteiger partial charge on any atom is 0.265 e. The lowest BCUT2D eigenvalue weighted by Gasteiger charge is -2.06. The molecular weight excluding hydrogens is 176 g/mol.